The van der Waals surface area contributed by atoms with Crippen molar-refractivity contribution in [1.29, 1.82) is 0 Å². The molecule has 0 unspecified atom stereocenters. The van der Waals surface area contributed by atoms with Gasteiger partial charge in [-0.2, -0.15) is 0 Å². The maximum atomic E-state index is 12.1. The van der Waals surface area contributed by atoms with Crippen LogP contribution in [-0.4, -0.2) is 12.0 Å². The lowest BCUT2D eigenvalue weighted by Crippen LogP contribution is -2.35. The first kappa shape index (κ1) is 16.1. The first-order valence-corrected chi connectivity index (χ1v) is 7.53. The van der Waals surface area contributed by atoms with Gasteiger partial charge in [0.25, 0.3) is 5.91 Å². The molecule has 116 valence electrons. The minimum absolute atomic E-state index is 0.111. The lowest BCUT2D eigenvalue weighted by molar-refractivity contribution is -0.127. The molecule has 0 fully saturated rings. The Balaban J connectivity index is 1.90. The summed E-state index contributed by atoms with van der Waals surface area (Å²) in [5, 5.41) is 2.91. The Bertz CT molecular complexity index is 664. The van der Waals surface area contributed by atoms with E-state index in [0.29, 0.717) is 6.54 Å². The van der Waals surface area contributed by atoms with E-state index in [4.69, 9.17) is 4.74 Å². The van der Waals surface area contributed by atoms with E-state index < -0.39 is 6.10 Å². The molecule has 2 aromatic carbocycles. The van der Waals surface area contributed by atoms with Crippen LogP contribution in [0.25, 0.3) is 0 Å². The molecule has 2 rings (SSSR count). The van der Waals surface area contributed by atoms with Crippen molar-refractivity contribution in [2.24, 2.45) is 0 Å². The third-order valence-corrected chi connectivity index (χ3v) is 3.71. The standard InChI is InChI=1S/C19H23NO2/c1-13-6-5-7-17(10-13)12-20-19(21)16(4)22-18-9-8-14(2)15(3)11-18/h5-11,16H,12H2,1-4H3,(H,20,21)/t16-/m1/s1. The molecule has 2 aromatic rings. The highest BCUT2D eigenvalue weighted by molar-refractivity contribution is 5.80. The molecule has 1 atom stereocenters. The average Bonchev–Trinajstić information content (AvgIpc) is 2.48. The minimum Gasteiger partial charge on any atom is -0.481 e. The summed E-state index contributed by atoms with van der Waals surface area (Å²) < 4.78 is 5.71. The second-order valence-corrected chi connectivity index (χ2v) is 5.71. The van der Waals surface area contributed by atoms with Gasteiger partial charge in [0.05, 0.1) is 0 Å². The van der Waals surface area contributed by atoms with Crippen molar-refractivity contribution in [3.63, 3.8) is 0 Å². The number of amides is 1. The van der Waals surface area contributed by atoms with Gasteiger partial charge in [0, 0.05) is 6.54 Å². The molecule has 0 heterocycles. The van der Waals surface area contributed by atoms with Gasteiger partial charge in [0.2, 0.25) is 0 Å². The smallest absolute Gasteiger partial charge is 0.261 e. The van der Waals surface area contributed by atoms with E-state index in [1.165, 1.54) is 11.1 Å². The molecule has 22 heavy (non-hydrogen) atoms. The summed E-state index contributed by atoms with van der Waals surface area (Å²) in [5.74, 6) is 0.612. The van der Waals surface area contributed by atoms with Crippen molar-refractivity contribution >= 4 is 5.91 Å². The minimum atomic E-state index is -0.521. The van der Waals surface area contributed by atoms with Crippen molar-refractivity contribution < 1.29 is 9.53 Å². The molecule has 0 aromatic heterocycles. The fourth-order valence-corrected chi connectivity index (χ4v) is 2.20. The maximum absolute atomic E-state index is 12.1. The SMILES string of the molecule is Cc1cccc(CNC(=O)[C@@H](C)Oc2ccc(C)c(C)c2)c1. The fraction of sp³-hybridized carbons (Fsp3) is 0.316. The van der Waals surface area contributed by atoms with E-state index >= 15 is 0 Å². The van der Waals surface area contributed by atoms with Gasteiger partial charge >= 0.3 is 0 Å². The Hall–Kier alpha value is -2.29. The Labute approximate surface area is 132 Å². The average molecular weight is 297 g/mol. The van der Waals surface area contributed by atoms with Crippen LogP contribution in [0.1, 0.15) is 29.2 Å². The lowest BCUT2D eigenvalue weighted by Gasteiger charge is -2.15. The monoisotopic (exact) mass is 297 g/mol. The maximum Gasteiger partial charge on any atom is 0.261 e. The summed E-state index contributed by atoms with van der Waals surface area (Å²) in [6.07, 6.45) is -0.521. The summed E-state index contributed by atoms with van der Waals surface area (Å²) in [6, 6.07) is 14.0. The Morgan fingerprint density at radius 3 is 2.55 bits per heavy atom. The van der Waals surface area contributed by atoms with E-state index in [-0.39, 0.29) is 5.91 Å². The van der Waals surface area contributed by atoms with Crippen LogP contribution < -0.4 is 10.1 Å². The lowest BCUT2D eigenvalue weighted by atomic mass is 10.1. The third-order valence-electron chi connectivity index (χ3n) is 3.71. The van der Waals surface area contributed by atoms with Crippen LogP contribution in [0.2, 0.25) is 0 Å². The van der Waals surface area contributed by atoms with Crippen LogP contribution >= 0.6 is 0 Å². The van der Waals surface area contributed by atoms with Gasteiger partial charge in [-0.25, -0.2) is 0 Å². The number of carbonyl (C=O) groups excluding carboxylic acids is 1. The molecular formula is C19H23NO2. The van der Waals surface area contributed by atoms with Gasteiger partial charge in [-0.3, -0.25) is 4.79 Å². The molecule has 0 spiro atoms. The third kappa shape index (κ3) is 4.35. The molecule has 0 radical (unpaired) electrons. The molecular weight excluding hydrogens is 274 g/mol. The van der Waals surface area contributed by atoms with E-state index in [9.17, 15) is 4.79 Å². The van der Waals surface area contributed by atoms with E-state index in [1.807, 2.05) is 50.2 Å². The summed E-state index contributed by atoms with van der Waals surface area (Å²) in [6.45, 7) is 8.40. The second-order valence-electron chi connectivity index (χ2n) is 5.71. The zero-order chi connectivity index (χ0) is 16.1. The van der Waals surface area contributed by atoms with Crippen molar-refractivity contribution in [1.82, 2.24) is 5.32 Å². The van der Waals surface area contributed by atoms with Crippen LogP contribution in [0.15, 0.2) is 42.5 Å². The van der Waals surface area contributed by atoms with Gasteiger partial charge < -0.3 is 10.1 Å². The zero-order valence-electron chi connectivity index (χ0n) is 13.6. The number of carbonyl (C=O) groups is 1. The number of hydrogen-bond acceptors (Lipinski definition) is 2. The normalized spacial score (nSPS) is 11.8. The Morgan fingerprint density at radius 1 is 1.09 bits per heavy atom. The number of nitrogens with one attached hydrogen (secondary N) is 1. The van der Waals surface area contributed by atoms with Gasteiger partial charge in [-0.1, -0.05) is 35.9 Å². The Kier molecular flexibility index (Phi) is 5.21. The number of rotatable bonds is 5. The molecule has 3 nitrogen and oxygen atoms in total. The van der Waals surface area contributed by atoms with Gasteiger partial charge in [0.1, 0.15) is 5.75 Å². The molecule has 1 amide bonds. The summed E-state index contributed by atoms with van der Waals surface area (Å²) in [7, 11) is 0. The molecule has 0 bridgehead atoms. The topological polar surface area (TPSA) is 38.3 Å². The molecule has 0 aliphatic carbocycles. The molecule has 1 N–H and O–H groups in total. The highest BCUT2D eigenvalue weighted by atomic mass is 16.5. The predicted molar refractivity (Wildman–Crippen MR) is 89.0 cm³/mol. The van der Waals surface area contributed by atoms with Crippen molar-refractivity contribution in [3.05, 3.63) is 64.7 Å². The molecule has 0 aliphatic rings. The number of benzene rings is 2. The van der Waals surface area contributed by atoms with Crippen LogP contribution in [0.4, 0.5) is 0 Å². The van der Waals surface area contributed by atoms with E-state index in [1.54, 1.807) is 6.92 Å². The summed E-state index contributed by atoms with van der Waals surface area (Å²) in [5.41, 5.74) is 4.65. The predicted octanol–water partition coefficient (Wildman–Crippen LogP) is 3.70. The Morgan fingerprint density at radius 2 is 1.86 bits per heavy atom. The zero-order valence-corrected chi connectivity index (χ0v) is 13.6. The molecule has 0 saturated carbocycles. The number of aryl methyl sites for hydroxylation is 3. The number of hydrogen-bond donors (Lipinski definition) is 1. The second kappa shape index (κ2) is 7.12. The largest absolute Gasteiger partial charge is 0.481 e. The van der Waals surface area contributed by atoms with Crippen LogP contribution in [0.5, 0.6) is 5.75 Å². The first-order valence-electron chi connectivity index (χ1n) is 7.53. The highest BCUT2D eigenvalue weighted by Crippen LogP contribution is 2.17. The van der Waals surface area contributed by atoms with Gasteiger partial charge in [-0.15, -0.1) is 0 Å². The highest BCUT2D eigenvalue weighted by Gasteiger charge is 2.14. The summed E-state index contributed by atoms with van der Waals surface area (Å²) in [4.78, 5) is 12.1. The fourth-order valence-electron chi connectivity index (χ4n) is 2.20. The quantitative estimate of drug-likeness (QED) is 0.914. The molecule has 0 aliphatic heterocycles. The van der Waals surface area contributed by atoms with E-state index in [2.05, 4.69) is 18.3 Å². The number of ether oxygens (including phenoxy) is 1. The molecule has 0 saturated heterocycles. The van der Waals surface area contributed by atoms with Crippen molar-refractivity contribution in [3.8, 4) is 5.75 Å². The first-order chi connectivity index (χ1) is 10.5. The van der Waals surface area contributed by atoms with Crippen LogP contribution in [-0.2, 0) is 11.3 Å². The summed E-state index contributed by atoms with van der Waals surface area (Å²) >= 11 is 0. The van der Waals surface area contributed by atoms with Gasteiger partial charge in [-0.05, 0) is 56.5 Å². The van der Waals surface area contributed by atoms with Crippen LogP contribution in [0.3, 0.4) is 0 Å². The van der Waals surface area contributed by atoms with Gasteiger partial charge in [0.15, 0.2) is 6.10 Å². The van der Waals surface area contributed by atoms with E-state index in [0.717, 1.165) is 16.9 Å². The van der Waals surface area contributed by atoms with Crippen molar-refractivity contribution in [2.45, 2.75) is 40.3 Å². The van der Waals surface area contributed by atoms with Crippen molar-refractivity contribution in [2.75, 3.05) is 0 Å². The molecule has 3 heteroatoms. The van der Waals surface area contributed by atoms with Crippen LogP contribution in [0, 0.1) is 20.8 Å².